The van der Waals surface area contributed by atoms with E-state index >= 15 is 0 Å². The minimum absolute atomic E-state index is 0.0566. The summed E-state index contributed by atoms with van der Waals surface area (Å²) in [5.41, 5.74) is 0. The first kappa shape index (κ1) is 10.9. The molecule has 0 bridgehead atoms. The molecule has 1 aliphatic heterocycles. The van der Waals surface area contributed by atoms with Crippen LogP contribution in [0.25, 0.3) is 0 Å². The molecule has 1 fully saturated rings. The second-order valence-electron chi connectivity index (χ2n) is 4.85. The lowest BCUT2D eigenvalue weighted by Crippen LogP contribution is -2.33. The summed E-state index contributed by atoms with van der Waals surface area (Å²) in [6.45, 7) is 2.01. The smallest absolute Gasteiger partial charge is 0.0963 e. The summed E-state index contributed by atoms with van der Waals surface area (Å²) >= 11 is 0. The van der Waals surface area contributed by atoms with Crippen molar-refractivity contribution in [1.29, 1.82) is 0 Å². The summed E-state index contributed by atoms with van der Waals surface area (Å²) < 4.78 is 0. The minimum Gasteiger partial charge on any atom is -0.393 e. The van der Waals surface area contributed by atoms with Crippen molar-refractivity contribution >= 4 is 5.84 Å². The van der Waals surface area contributed by atoms with Gasteiger partial charge in [0.25, 0.3) is 0 Å². The van der Waals surface area contributed by atoms with Gasteiger partial charge >= 0.3 is 0 Å². The van der Waals surface area contributed by atoms with Crippen molar-refractivity contribution in [2.45, 2.75) is 51.0 Å². The van der Waals surface area contributed by atoms with Gasteiger partial charge in [-0.25, -0.2) is 0 Å². The first-order valence-corrected chi connectivity index (χ1v) is 6.30. The highest BCUT2D eigenvalue weighted by molar-refractivity contribution is 5.82. The summed E-state index contributed by atoms with van der Waals surface area (Å²) in [6.07, 6.45) is 8.00. The predicted molar refractivity (Wildman–Crippen MR) is 62.1 cm³/mol. The molecule has 0 spiro atoms. The van der Waals surface area contributed by atoms with Gasteiger partial charge in [0.2, 0.25) is 0 Å². The van der Waals surface area contributed by atoms with Crippen LogP contribution in [0, 0.1) is 5.92 Å². The maximum atomic E-state index is 9.56. The second-order valence-corrected chi connectivity index (χ2v) is 4.85. The molecule has 0 radical (unpaired) electrons. The third-order valence-corrected chi connectivity index (χ3v) is 3.47. The second kappa shape index (κ2) is 5.50. The Labute approximate surface area is 92.0 Å². The molecule has 15 heavy (non-hydrogen) atoms. The summed E-state index contributed by atoms with van der Waals surface area (Å²) in [7, 11) is 0. The van der Waals surface area contributed by atoms with E-state index in [-0.39, 0.29) is 6.10 Å². The zero-order valence-electron chi connectivity index (χ0n) is 9.41. The third-order valence-electron chi connectivity index (χ3n) is 3.47. The van der Waals surface area contributed by atoms with Gasteiger partial charge in [-0.15, -0.1) is 0 Å². The number of aliphatic imine (C=N–C) groups is 1. The highest BCUT2D eigenvalue weighted by Gasteiger charge is 2.20. The van der Waals surface area contributed by atoms with Crippen molar-refractivity contribution in [2.24, 2.45) is 10.9 Å². The Morgan fingerprint density at radius 1 is 1.27 bits per heavy atom. The van der Waals surface area contributed by atoms with Crippen molar-refractivity contribution in [1.82, 2.24) is 5.32 Å². The molecule has 86 valence electrons. The Hall–Kier alpha value is -0.570. The average molecular weight is 210 g/mol. The normalized spacial score (nSPS) is 32.2. The fraction of sp³-hybridized carbons (Fsp3) is 0.917. The molecule has 1 aliphatic carbocycles. The van der Waals surface area contributed by atoms with Crippen LogP contribution >= 0.6 is 0 Å². The number of rotatable bonds is 2. The fourth-order valence-corrected chi connectivity index (χ4v) is 2.55. The molecule has 3 heteroatoms. The van der Waals surface area contributed by atoms with Crippen LogP contribution < -0.4 is 5.32 Å². The van der Waals surface area contributed by atoms with Crippen molar-refractivity contribution in [3.63, 3.8) is 0 Å². The molecule has 3 nitrogen and oxygen atoms in total. The minimum atomic E-state index is -0.0566. The average Bonchev–Trinajstić information content (AvgIpc) is 2.28. The van der Waals surface area contributed by atoms with E-state index in [1.807, 2.05) is 0 Å². The lowest BCUT2D eigenvalue weighted by Gasteiger charge is -2.27. The van der Waals surface area contributed by atoms with E-state index in [1.165, 1.54) is 31.5 Å². The van der Waals surface area contributed by atoms with Gasteiger partial charge in [-0.3, -0.25) is 4.99 Å². The molecule has 0 saturated heterocycles. The van der Waals surface area contributed by atoms with Gasteiger partial charge in [0.05, 0.1) is 11.9 Å². The Balaban J connectivity index is 1.70. The molecule has 1 heterocycles. The van der Waals surface area contributed by atoms with Crippen LogP contribution in [0.2, 0.25) is 0 Å². The topological polar surface area (TPSA) is 44.6 Å². The van der Waals surface area contributed by atoms with E-state index in [4.69, 9.17) is 0 Å². The van der Waals surface area contributed by atoms with E-state index in [0.717, 1.165) is 32.4 Å². The molecule has 0 amide bonds. The monoisotopic (exact) mass is 210 g/mol. The Morgan fingerprint density at radius 3 is 2.93 bits per heavy atom. The van der Waals surface area contributed by atoms with E-state index in [2.05, 4.69) is 10.3 Å². The molecule has 2 rings (SSSR count). The lowest BCUT2D eigenvalue weighted by atomic mass is 9.87. The summed E-state index contributed by atoms with van der Waals surface area (Å²) in [5.74, 6) is 1.85. The Bertz CT molecular complexity index is 228. The number of aliphatic hydroxyl groups is 1. The maximum Gasteiger partial charge on any atom is 0.0963 e. The molecule has 2 aliphatic rings. The van der Waals surface area contributed by atoms with Crippen molar-refractivity contribution in [2.75, 3.05) is 13.1 Å². The highest BCUT2D eigenvalue weighted by Crippen LogP contribution is 2.23. The van der Waals surface area contributed by atoms with Gasteiger partial charge in [0.1, 0.15) is 0 Å². The number of hydrogen-bond donors (Lipinski definition) is 2. The molecular weight excluding hydrogens is 188 g/mol. The van der Waals surface area contributed by atoms with Gasteiger partial charge in [-0.1, -0.05) is 6.42 Å². The lowest BCUT2D eigenvalue weighted by molar-refractivity contribution is 0.102. The van der Waals surface area contributed by atoms with Gasteiger partial charge in [0, 0.05) is 19.5 Å². The molecule has 0 aromatic carbocycles. The third kappa shape index (κ3) is 3.49. The SMILES string of the molecule is OC1CCCC(CNC2=NCCCC2)C1. The summed E-state index contributed by atoms with van der Waals surface area (Å²) in [4.78, 5) is 4.48. The van der Waals surface area contributed by atoms with Gasteiger partial charge < -0.3 is 10.4 Å². The quantitative estimate of drug-likeness (QED) is 0.728. The number of hydrogen-bond acceptors (Lipinski definition) is 3. The maximum absolute atomic E-state index is 9.56. The zero-order chi connectivity index (χ0) is 10.5. The Morgan fingerprint density at radius 2 is 2.20 bits per heavy atom. The highest BCUT2D eigenvalue weighted by atomic mass is 16.3. The number of aliphatic hydroxyl groups excluding tert-OH is 1. The molecule has 2 atom stereocenters. The van der Waals surface area contributed by atoms with Crippen LogP contribution in [0.5, 0.6) is 0 Å². The van der Waals surface area contributed by atoms with Gasteiger partial charge in [-0.05, 0) is 38.0 Å². The molecule has 1 saturated carbocycles. The van der Waals surface area contributed by atoms with Gasteiger partial charge in [-0.2, -0.15) is 0 Å². The molecule has 0 aromatic heterocycles. The molecule has 0 aromatic rings. The number of nitrogens with one attached hydrogen (secondary N) is 1. The largest absolute Gasteiger partial charge is 0.393 e. The van der Waals surface area contributed by atoms with Crippen LogP contribution in [0.4, 0.5) is 0 Å². The van der Waals surface area contributed by atoms with Crippen LogP contribution in [0.15, 0.2) is 4.99 Å². The van der Waals surface area contributed by atoms with Crippen LogP contribution in [0.3, 0.4) is 0 Å². The van der Waals surface area contributed by atoms with Crippen LogP contribution in [-0.4, -0.2) is 30.1 Å². The van der Waals surface area contributed by atoms with E-state index in [1.54, 1.807) is 0 Å². The van der Waals surface area contributed by atoms with E-state index < -0.39 is 0 Å². The van der Waals surface area contributed by atoms with Crippen molar-refractivity contribution < 1.29 is 5.11 Å². The molecular formula is C12H22N2O. The zero-order valence-corrected chi connectivity index (χ0v) is 9.41. The summed E-state index contributed by atoms with van der Waals surface area (Å²) in [6, 6.07) is 0. The fourth-order valence-electron chi connectivity index (χ4n) is 2.55. The standard InChI is InChI=1S/C12H22N2O/c15-11-5-3-4-10(8-11)9-14-12-6-1-2-7-13-12/h10-11,15H,1-9H2,(H,13,14). The van der Waals surface area contributed by atoms with Crippen LogP contribution in [0.1, 0.15) is 44.9 Å². The first-order valence-electron chi connectivity index (χ1n) is 6.30. The van der Waals surface area contributed by atoms with Gasteiger partial charge in [0.15, 0.2) is 0 Å². The van der Waals surface area contributed by atoms with Crippen molar-refractivity contribution in [3.05, 3.63) is 0 Å². The number of nitrogens with zero attached hydrogens (tertiary/aromatic N) is 1. The van der Waals surface area contributed by atoms with Crippen LogP contribution in [-0.2, 0) is 0 Å². The Kier molecular flexibility index (Phi) is 4.01. The van der Waals surface area contributed by atoms with Crippen molar-refractivity contribution in [3.8, 4) is 0 Å². The summed E-state index contributed by atoms with van der Waals surface area (Å²) in [5, 5.41) is 13.0. The molecule has 2 unspecified atom stereocenters. The molecule has 2 N–H and O–H groups in total. The predicted octanol–water partition coefficient (Wildman–Crippen LogP) is 1.71. The number of amidine groups is 1. The van der Waals surface area contributed by atoms with E-state index in [9.17, 15) is 5.11 Å². The first-order chi connectivity index (χ1) is 7.34. The van der Waals surface area contributed by atoms with E-state index in [0.29, 0.717) is 5.92 Å².